The summed E-state index contributed by atoms with van der Waals surface area (Å²) in [6, 6.07) is 0. The number of halogens is 1. The van der Waals surface area contributed by atoms with Crippen LogP contribution in [-0.4, -0.2) is 27.0 Å². The summed E-state index contributed by atoms with van der Waals surface area (Å²) in [5.41, 5.74) is 0.845. The van der Waals surface area contributed by atoms with Gasteiger partial charge in [0.25, 0.3) is 0 Å². The van der Waals surface area contributed by atoms with Crippen LogP contribution >= 0.6 is 23.4 Å². The van der Waals surface area contributed by atoms with Crippen molar-refractivity contribution in [3.63, 3.8) is 0 Å². The molecule has 0 fully saturated rings. The highest BCUT2D eigenvalue weighted by Crippen LogP contribution is 2.15. The third-order valence-electron chi connectivity index (χ3n) is 1.49. The van der Waals surface area contributed by atoms with E-state index in [0.29, 0.717) is 0 Å². The smallest absolute Gasteiger partial charge is 0.100 e. The molecule has 0 amide bonds. The van der Waals surface area contributed by atoms with Crippen molar-refractivity contribution in [3.05, 3.63) is 11.9 Å². The highest BCUT2D eigenvalue weighted by Gasteiger charge is 2.05. The van der Waals surface area contributed by atoms with Gasteiger partial charge in [0.2, 0.25) is 0 Å². The Morgan fingerprint density at radius 3 is 3.00 bits per heavy atom. The molecule has 68 valence electrons. The summed E-state index contributed by atoms with van der Waals surface area (Å²) < 4.78 is 1.82. The van der Waals surface area contributed by atoms with E-state index in [2.05, 4.69) is 16.6 Å². The lowest BCUT2D eigenvalue weighted by Crippen LogP contribution is -2.00. The monoisotopic (exact) mass is 205 g/mol. The Hall–Kier alpha value is -0.220. The molecule has 1 unspecified atom stereocenters. The summed E-state index contributed by atoms with van der Waals surface area (Å²) in [5, 5.41) is 7.84. The van der Waals surface area contributed by atoms with Gasteiger partial charge < -0.3 is 0 Å². The Kier molecular flexibility index (Phi) is 3.88. The van der Waals surface area contributed by atoms with Crippen LogP contribution in [0.25, 0.3) is 0 Å². The molecule has 5 heteroatoms. The topological polar surface area (TPSA) is 30.7 Å². The molecule has 12 heavy (non-hydrogen) atoms. The van der Waals surface area contributed by atoms with Crippen LogP contribution < -0.4 is 0 Å². The Balaban J connectivity index is 2.52. The highest BCUT2D eigenvalue weighted by molar-refractivity contribution is 7.98. The van der Waals surface area contributed by atoms with Crippen molar-refractivity contribution in [1.82, 2.24) is 15.0 Å². The van der Waals surface area contributed by atoms with Crippen molar-refractivity contribution in [2.45, 2.75) is 18.8 Å². The molecular formula is C7H12ClN3S. The minimum Gasteiger partial charge on any atom is -0.251 e. The van der Waals surface area contributed by atoms with Crippen molar-refractivity contribution < 1.29 is 0 Å². The lowest BCUT2D eigenvalue weighted by atomic mass is 10.4. The van der Waals surface area contributed by atoms with Crippen LogP contribution in [0.2, 0.25) is 0 Å². The first kappa shape index (κ1) is 9.86. The van der Waals surface area contributed by atoms with Crippen LogP contribution in [0.5, 0.6) is 0 Å². The fraction of sp³-hybridized carbons (Fsp3) is 0.714. The van der Waals surface area contributed by atoms with Crippen LogP contribution in [0.1, 0.15) is 18.0 Å². The van der Waals surface area contributed by atoms with Gasteiger partial charge in [0, 0.05) is 11.9 Å². The predicted molar refractivity (Wildman–Crippen MR) is 52.7 cm³/mol. The minimum absolute atomic E-state index is 0.0481. The average Bonchev–Trinajstić information content (AvgIpc) is 2.48. The molecule has 0 saturated heterocycles. The van der Waals surface area contributed by atoms with Crippen LogP contribution in [0.3, 0.4) is 0 Å². The van der Waals surface area contributed by atoms with Gasteiger partial charge in [-0.25, -0.2) is 0 Å². The van der Waals surface area contributed by atoms with Gasteiger partial charge in [-0.15, -0.1) is 16.7 Å². The van der Waals surface area contributed by atoms with Crippen molar-refractivity contribution in [2.24, 2.45) is 0 Å². The van der Waals surface area contributed by atoms with E-state index in [9.17, 15) is 0 Å². The van der Waals surface area contributed by atoms with Gasteiger partial charge in [0.15, 0.2) is 0 Å². The second-order valence-electron chi connectivity index (χ2n) is 2.52. The van der Waals surface area contributed by atoms with Gasteiger partial charge in [-0.05, 0) is 13.2 Å². The molecule has 1 heterocycles. The summed E-state index contributed by atoms with van der Waals surface area (Å²) in [7, 11) is 0. The number of nitrogens with zero attached hydrogens (tertiary/aromatic N) is 3. The Morgan fingerprint density at radius 2 is 2.50 bits per heavy atom. The molecule has 0 N–H and O–H groups in total. The third-order valence-corrected chi connectivity index (χ3v) is 2.30. The molecular weight excluding hydrogens is 194 g/mol. The molecule has 1 aromatic heterocycles. The Morgan fingerprint density at radius 1 is 1.75 bits per heavy atom. The largest absolute Gasteiger partial charge is 0.251 e. The standard InChI is InChI=1S/C7H12ClN3S/c1-6(8)7-5-11(10-9-7)3-4-12-2/h5-6H,3-4H2,1-2H3. The third kappa shape index (κ3) is 2.68. The fourth-order valence-corrected chi connectivity index (χ4v) is 1.26. The zero-order valence-corrected chi connectivity index (χ0v) is 8.77. The summed E-state index contributed by atoms with van der Waals surface area (Å²) in [6.07, 6.45) is 3.97. The first-order chi connectivity index (χ1) is 5.74. The zero-order valence-electron chi connectivity index (χ0n) is 7.20. The van der Waals surface area contributed by atoms with E-state index in [1.807, 2.05) is 17.8 Å². The van der Waals surface area contributed by atoms with E-state index in [-0.39, 0.29) is 5.38 Å². The molecule has 1 rings (SSSR count). The van der Waals surface area contributed by atoms with Crippen LogP contribution in [0.15, 0.2) is 6.20 Å². The SMILES string of the molecule is CSCCn1cc(C(C)Cl)nn1. The van der Waals surface area contributed by atoms with E-state index in [4.69, 9.17) is 11.6 Å². The normalized spacial score (nSPS) is 13.2. The first-order valence-electron chi connectivity index (χ1n) is 3.77. The molecule has 0 aliphatic rings. The predicted octanol–water partition coefficient (Wildman–Crippen LogP) is 1.94. The number of thioether (sulfide) groups is 1. The maximum Gasteiger partial charge on any atom is 0.100 e. The lowest BCUT2D eigenvalue weighted by Gasteiger charge is -1.96. The molecule has 1 aromatic rings. The fourth-order valence-electron chi connectivity index (χ4n) is 0.790. The molecule has 0 aliphatic heterocycles. The van der Waals surface area contributed by atoms with E-state index < -0.39 is 0 Å². The summed E-state index contributed by atoms with van der Waals surface area (Å²) in [4.78, 5) is 0. The summed E-state index contributed by atoms with van der Waals surface area (Å²) in [5.74, 6) is 1.06. The summed E-state index contributed by atoms with van der Waals surface area (Å²) in [6.45, 7) is 2.79. The van der Waals surface area contributed by atoms with Crippen molar-refractivity contribution in [3.8, 4) is 0 Å². The number of hydrogen-bond acceptors (Lipinski definition) is 3. The number of rotatable bonds is 4. The molecule has 0 bridgehead atoms. The molecule has 0 aromatic carbocycles. The number of aryl methyl sites for hydroxylation is 1. The molecule has 0 spiro atoms. The number of alkyl halides is 1. The van der Waals surface area contributed by atoms with Gasteiger partial charge in [-0.3, -0.25) is 4.68 Å². The zero-order chi connectivity index (χ0) is 8.97. The van der Waals surface area contributed by atoms with Gasteiger partial charge >= 0.3 is 0 Å². The van der Waals surface area contributed by atoms with Crippen LogP contribution in [0.4, 0.5) is 0 Å². The average molecular weight is 206 g/mol. The molecule has 0 radical (unpaired) electrons. The minimum atomic E-state index is -0.0481. The van der Waals surface area contributed by atoms with Gasteiger partial charge in [-0.2, -0.15) is 11.8 Å². The van der Waals surface area contributed by atoms with Crippen LogP contribution in [-0.2, 0) is 6.54 Å². The molecule has 1 atom stereocenters. The van der Waals surface area contributed by atoms with Gasteiger partial charge in [0.1, 0.15) is 5.69 Å². The number of aromatic nitrogens is 3. The second-order valence-corrected chi connectivity index (χ2v) is 4.16. The van der Waals surface area contributed by atoms with E-state index in [1.54, 1.807) is 11.8 Å². The van der Waals surface area contributed by atoms with Gasteiger partial charge in [-0.1, -0.05) is 5.21 Å². The summed E-state index contributed by atoms with van der Waals surface area (Å²) >= 11 is 7.62. The first-order valence-corrected chi connectivity index (χ1v) is 5.60. The van der Waals surface area contributed by atoms with E-state index in [0.717, 1.165) is 18.0 Å². The van der Waals surface area contributed by atoms with E-state index >= 15 is 0 Å². The van der Waals surface area contributed by atoms with Crippen LogP contribution in [0, 0.1) is 0 Å². The maximum atomic E-state index is 5.83. The lowest BCUT2D eigenvalue weighted by molar-refractivity contribution is 0.632. The van der Waals surface area contributed by atoms with Crippen molar-refractivity contribution >= 4 is 23.4 Å². The maximum absolute atomic E-state index is 5.83. The molecule has 0 aliphatic carbocycles. The quantitative estimate of drug-likeness (QED) is 0.704. The van der Waals surface area contributed by atoms with Gasteiger partial charge in [0.05, 0.1) is 11.9 Å². The molecule has 3 nitrogen and oxygen atoms in total. The Bertz CT molecular complexity index is 236. The number of hydrogen-bond donors (Lipinski definition) is 0. The second kappa shape index (κ2) is 4.72. The molecule has 0 saturated carbocycles. The van der Waals surface area contributed by atoms with Crippen molar-refractivity contribution in [1.29, 1.82) is 0 Å². The van der Waals surface area contributed by atoms with E-state index in [1.165, 1.54) is 0 Å². The highest BCUT2D eigenvalue weighted by atomic mass is 35.5. The Labute approximate surface area is 81.5 Å². The van der Waals surface area contributed by atoms with Crippen molar-refractivity contribution in [2.75, 3.05) is 12.0 Å².